The molecule has 2 N–H and O–H groups in total. The van der Waals surface area contributed by atoms with E-state index in [4.69, 9.17) is 4.74 Å². The number of ether oxygens (including phenoxy) is 1. The summed E-state index contributed by atoms with van der Waals surface area (Å²) in [6, 6.07) is 7.52. The van der Waals surface area contributed by atoms with Crippen molar-refractivity contribution in [1.29, 1.82) is 0 Å². The summed E-state index contributed by atoms with van der Waals surface area (Å²) in [5, 5.41) is 19.4. The lowest BCUT2D eigenvalue weighted by Crippen LogP contribution is -2.61. The second-order valence-electron chi connectivity index (χ2n) is 5.26. The van der Waals surface area contributed by atoms with Crippen molar-refractivity contribution in [3.63, 3.8) is 0 Å². The number of fused-ring (bicyclic) bond motifs is 1. The highest BCUT2D eigenvalue weighted by molar-refractivity contribution is 5.91. The van der Waals surface area contributed by atoms with Gasteiger partial charge >= 0.3 is 6.09 Å². The molecule has 0 saturated carbocycles. The maximum absolute atomic E-state index is 12.3. The van der Waals surface area contributed by atoms with Crippen LogP contribution in [0.4, 0.5) is 10.5 Å². The maximum atomic E-state index is 12.3. The molecule has 0 saturated heterocycles. The number of nitrogens with zero attached hydrogens (tertiary/aromatic N) is 1. The molecule has 1 aromatic carbocycles. The largest absolute Gasteiger partial charge is 0.449 e. The summed E-state index contributed by atoms with van der Waals surface area (Å²) in [4.78, 5) is 13.8. The predicted molar refractivity (Wildman–Crippen MR) is 75.7 cm³/mol. The zero-order chi connectivity index (χ0) is 14.8. The molecule has 2 atom stereocenters. The summed E-state index contributed by atoms with van der Waals surface area (Å²) in [7, 11) is 0. The van der Waals surface area contributed by atoms with Gasteiger partial charge in [-0.05, 0) is 31.9 Å². The van der Waals surface area contributed by atoms with Gasteiger partial charge in [-0.2, -0.15) is 0 Å². The van der Waals surface area contributed by atoms with E-state index in [9.17, 15) is 15.0 Å². The number of hydrogen-bond acceptors (Lipinski definition) is 4. The van der Waals surface area contributed by atoms with Crippen LogP contribution in [0.2, 0.25) is 0 Å². The molecule has 1 aromatic rings. The number of aliphatic hydroxyl groups excluding tert-OH is 2. The summed E-state index contributed by atoms with van der Waals surface area (Å²) < 4.78 is 5.12. The first-order valence-corrected chi connectivity index (χ1v) is 6.85. The van der Waals surface area contributed by atoms with E-state index >= 15 is 0 Å². The fourth-order valence-electron chi connectivity index (χ4n) is 2.80. The normalized spacial score (nSPS) is 25.2. The van der Waals surface area contributed by atoms with E-state index in [1.807, 2.05) is 24.3 Å². The summed E-state index contributed by atoms with van der Waals surface area (Å²) in [5.74, 6) is -0.230. The highest BCUT2D eigenvalue weighted by atomic mass is 16.6. The van der Waals surface area contributed by atoms with Crippen LogP contribution in [0.15, 0.2) is 24.3 Å². The van der Waals surface area contributed by atoms with Gasteiger partial charge in [0.2, 0.25) is 0 Å². The number of carbonyl (C=O) groups is 1. The van der Waals surface area contributed by atoms with Gasteiger partial charge in [0, 0.05) is 12.5 Å². The minimum atomic E-state index is -0.866. The van der Waals surface area contributed by atoms with Crippen molar-refractivity contribution in [2.75, 3.05) is 24.7 Å². The van der Waals surface area contributed by atoms with Crippen molar-refractivity contribution < 1.29 is 19.7 Å². The average molecular weight is 279 g/mol. The first kappa shape index (κ1) is 14.8. The van der Waals surface area contributed by atoms with Crippen molar-refractivity contribution in [3.8, 4) is 0 Å². The minimum absolute atomic E-state index is 0.0959. The van der Waals surface area contributed by atoms with Crippen molar-refractivity contribution in [1.82, 2.24) is 0 Å². The van der Waals surface area contributed by atoms with E-state index in [-0.39, 0.29) is 25.7 Å². The SMILES string of the molecule is CCOC(=O)N1c2ccccc2CC(CO)C1(C)CO. The number of rotatable bonds is 3. The lowest BCUT2D eigenvalue weighted by molar-refractivity contribution is 0.0814. The Morgan fingerprint density at radius 3 is 2.75 bits per heavy atom. The number of anilines is 1. The molecule has 2 rings (SSSR count). The Morgan fingerprint density at radius 2 is 2.15 bits per heavy atom. The van der Waals surface area contributed by atoms with Gasteiger partial charge < -0.3 is 14.9 Å². The van der Waals surface area contributed by atoms with Crippen molar-refractivity contribution >= 4 is 11.8 Å². The van der Waals surface area contributed by atoms with Crippen LogP contribution in [0.25, 0.3) is 0 Å². The van der Waals surface area contributed by atoms with Crippen LogP contribution in [0, 0.1) is 5.92 Å². The molecule has 1 heterocycles. The van der Waals surface area contributed by atoms with Gasteiger partial charge in [-0.3, -0.25) is 4.90 Å². The number of para-hydroxylation sites is 1. The monoisotopic (exact) mass is 279 g/mol. The molecule has 5 heteroatoms. The fourth-order valence-corrected chi connectivity index (χ4v) is 2.80. The molecular formula is C15H21NO4. The van der Waals surface area contributed by atoms with E-state index in [0.29, 0.717) is 6.42 Å². The Morgan fingerprint density at radius 1 is 1.45 bits per heavy atom. The highest BCUT2D eigenvalue weighted by Gasteiger charge is 2.47. The second-order valence-corrected chi connectivity index (χ2v) is 5.26. The van der Waals surface area contributed by atoms with Crippen LogP contribution >= 0.6 is 0 Å². The van der Waals surface area contributed by atoms with Crippen LogP contribution < -0.4 is 4.90 Å². The molecule has 110 valence electrons. The van der Waals surface area contributed by atoms with Crippen LogP contribution in [0.1, 0.15) is 19.4 Å². The van der Waals surface area contributed by atoms with Crippen molar-refractivity contribution in [3.05, 3.63) is 29.8 Å². The van der Waals surface area contributed by atoms with Crippen LogP contribution in [-0.4, -0.2) is 41.7 Å². The molecule has 0 aliphatic carbocycles. The molecule has 5 nitrogen and oxygen atoms in total. The first-order chi connectivity index (χ1) is 9.58. The molecule has 0 fully saturated rings. The van der Waals surface area contributed by atoms with Crippen molar-refractivity contribution in [2.45, 2.75) is 25.8 Å². The topological polar surface area (TPSA) is 70.0 Å². The lowest BCUT2D eigenvalue weighted by atomic mass is 9.76. The van der Waals surface area contributed by atoms with Gasteiger partial charge in [-0.25, -0.2) is 4.79 Å². The summed E-state index contributed by atoms with van der Waals surface area (Å²) in [6.07, 6.45) is 0.134. The Balaban J connectivity index is 2.53. The average Bonchev–Trinajstić information content (AvgIpc) is 2.46. The Hall–Kier alpha value is -1.59. The van der Waals surface area contributed by atoms with E-state index in [0.717, 1.165) is 11.3 Å². The summed E-state index contributed by atoms with van der Waals surface area (Å²) >= 11 is 0. The molecule has 2 unspecified atom stereocenters. The van der Waals surface area contributed by atoms with Gasteiger partial charge in [0.1, 0.15) is 0 Å². The van der Waals surface area contributed by atoms with Crippen LogP contribution in [0.3, 0.4) is 0 Å². The number of benzene rings is 1. The zero-order valence-electron chi connectivity index (χ0n) is 11.9. The Bertz CT molecular complexity index is 491. The molecular weight excluding hydrogens is 258 g/mol. The summed E-state index contributed by atoms with van der Waals surface area (Å²) in [6.45, 7) is 3.46. The molecule has 0 radical (unpaired) electrons. The number of aliphatic hydroxyl groups is 2. The second kappa shape index (κ2) is 5.81. The third kappa shape index (κ3) is 2.27. The van der Waals surface area contributed by atoms with E-state index in [2.05, 4.69) is 0 Å². The quantitative estimate of drug-likeness (QED) is 0.881. The third-order valence-corrected chi connectivity index (χ3v) is 4.08. The molecule has 0 spiro atoms. The molecule has 20 heavy (non-hydrogen) atoms. The zero-order valence-corrected chi connectivity index (χ0v) is 11.9. The van der Waals surface area contributed by atoms with Gasteiger partial charge in [-0.15, -0.1) is 0 Å². The van der Waals surface area contributed by atoms with Gasteiger partial charge in [0.25, 0.3) is 0 Å². The maximum Gasteiger partial charge on any atom is 0.414 e. The van der Waals surface area contributed by atoms with Crippen LogP contribution in [0.5, 0.6) is 0 Å². The Labute approximate surface area is 118 Å². The predicted octanol–water partition coefficient (Wildman–Crippen LogP) is 1.57. The number of amides is 1. The van der Waals surface area contributed by atoms with Gasteiger partial charge in [0.15, 0.2) is 0 Å². The standard InChI is InChI=1S/C15H21NO4/c1-3-20-14(19)16-13-7-5-4-6-11(13)8-12(9-17)15(16,2)10-18/h4-7,12,17-18H,3,8-10H2,1-2H3. The lowest BCUT2D eigenvalue weighted by Gasteiger charge is -2.48. The molecule has 1 aliphatic heterocycles. The van der Waals surface area contributed by atoms with E-state index in [1.165, 1.54) is 4.90 Å². The number of carbonyl (C=O) groups excluding carboxylic acids is 1. The highest BCUT2D eigenvalue weighted by Crippen LogP contribution is 2.40. The molecule has 0 bridgehead atoms. The molecule has 1 amide bonds. The van der Waals surface area contributed by atoms with Gasteiger partial charge in [-0.1, -0.05) is 18.2 Å². The third-order valence-electron chi connectivity index (χ3n) is 4.08. The first-order valence-electron chi connectivity index (χ1n) is 6.85. The molecule has 1 aliphatic rings. The minimum Gasteiger partial charge on any atom is -0.449 e. The van der Waals surface area contributed by atoms with Crippen molar-refractivity contribution in [2.24, 2.45) is 5.92 Å². The van der Waals surface area contributed by atoms with Gasteiger partial charge in [0.05, 0.1) is 24.4 Å². The number of hydrogen-bond donors (Lipinski definition) is 2. The van der Waals surface area contributed by atoms with E-state index in [1.54, 1.807) is 13.8 Å². The summed E-state index contributed by atoms with van der Waals surface area (Å²) in [5.41, 5.74) is 0.854. The van der Waals surface area contributed by atoms with Crippen LogP contribution in [-0.2, 0) is 11.2 Å². The smallest absolute Gasteiger partial charge is 0.414 e. The fraction of sp³-hybridized carbons (Fsp3) is 0.533. The Kier molecular flexibility index (Phi) is 4.30. The van der Waals surface area contributed by atoms with E-state index < -0.39 is 11.6 Å². The molecule has 0 aromatic heterocycles.